The molecule has 0 saturated carbocycles. The molecule has 0 amide bonds. The van der Waals surface area contributed by atoms with Crippen molar-refractivity contribution in [2.24, 2.45) is 5.73 Å². The van der Waals surface area contributed by atoms with Crippen molar-refractivity contribution in [3.8, 4) is 11.5 Å². The van der Waals surface area contributed by atoms with E-state index in [1.54, 1.807) is 14.2 Å². The van der Waals surface area contributed by atoms with Gasteiger partial charge in [0.2, 0.25) is 0 Å². The van der Waals surface area contributed by atoms with Crippen LogP contribution in [-0.2, 0) is 0 Å². The Balaban J connectivity index is 3.04. The number of benzene rings is 1. The van der Waals surface area contributed by atoms with Crippen LogP contribution in [0.25, 0.3) is 0 Å². The van der Waals surface area contributed by atoms with Gasteiger partial charge in [0.15, 0.2) is 11.5 Å². The summed E-state index contributed by atoms with van der Waals surface area (Å²) in [5, 5.41) is 9.16. The molecule has 18 heavy (non-hydrogen) atoms. The number of hydrogen-bond donors (Lipinski definition) is 2. The molecule has 0 aliphatic carbocycles. The Morgan fingerprint density at radius 3 is 2.39 bits per heavy atom. The van der Waals surface area contributed by atoms with Crippen LogP contribution in [0.1, 0.15) is 31.2 Å². The van der Waals surface area contributed by atoms with E-state index in [-0.39, 0.29) is 18.6 Å². The molecule has 1 aromatic carbocycles. The molecule has 0 aliphatic heterocycles. The van der Waals surface area contributed by atoms with Gasteiger partial charge in [-0.3, -0.25) is 0 Å². The maximum atomic E-state index is 9.16. The molecule has 3 N–H and O–H groups in total. The molecule has 4 nitrogen and oxygen atoms in total. The van der Waals surface area contributed by atoms with E-state index in [0.29, 0.717) is 17.9 Å². The zero-order valence-electron chi connectivity index (χ0n) is 11.3. The maximum Gasteiger partial charge on any atom is 0.160 e. The molecule has 2 atom stereocenters. The molecular formula is C14H23NO3. The minimum atomic E-state index is 0.0373. The van der Waals surface area contributed by atoms with Gasteiger partial charge >= 0.3 is 0 Å². The topological polar surface area (TPSA) is 64.7 Å². The Hall–Kier alpha value is -1.26. The first kappa shape index (κ1) is 14.8. The molecule has 0 radical (unpaired) electrons. The molecule has 0 saturated heterocycles. The molecule has 1 rings (SSSR count). The second-order valence-electron chi connectivity index (χ2n) is 4.31. The summed E-state index contributed by atoms with van der Waals surface area (Å²) in [7, 11) is 3.23. The minimum absolute atomic E-state index is 0.0373. The lowest BCUT2D eigenvalue weighted by atomic mass is 9.87. The number of nitrogens with two attached hydrogens (primary N) is 1. The monoisotopic (exact) mass is 253 g/mol. The third-order valence-corrected chi connectivity index (χ3v) is 3.26. The highest BCUT2D eigenvalue weighted by Gasteiger charge is 2.19. The number of methoxy groups -OCH3 is 2. The quantitative estimate of drug-likeness (QED) is 0.779. The SMILES string of the molecule is CCC(N)C(CCO)c1ccc(OC)c(OC)c1. The Morgan fingerprint density at radius 2 is 1.89 bits per heavy atom. The van der Waals surface area contributed by atoms with Crippen molar-refractivity contribution < 1.29 is 14.6 Å². The smallest absolute Gasteiger partial charge is 0.160 e. The summed E-state index contributed by atoms with van der Waals surface area (Å²) in [6.07, 6.45) is 1.53. The van der Waals surface area contributed by atoms with Gasteiger partial charge in [0.05, 0.1) is 14.2 Å². The lowest BCUT2D eigenvalue weighted by Gasteiger charge is -2.23. The summed E-state index contributed by atoms with van der Waals surface area (Å²) in [4.78, 5) is 0. The van der Waals surface area contributed by atoms with Crippen molar-refractivity contribution in [2.75, 3.05) is 20.8 Å². The fraction of sp³-hybridized carbons (Fsp3) is 0.571. The zero-order valence-corrected chi connectivity index (χ0v) is 11.3. The first-order chi connectivity index (χ1) is 8.67. The van der Waals surface area contributed by atoms with Crippen LogP contribution in [0.15, 0.2) is 18.2 Å². The molecule has 4 heteroatoms. The van der Waals surface area contributed by atoms with Crippen molar-refractivity contribution >= 4 is 0 Å². The lowest BCUT2D eigenvalue weighted by molar-refractivity contribution is 0.265. The van der Waals surface area contributed by atoms with E-state index in [1.165, 1.54) is 0 Å². The van der Waals surface area contributed by atoms with E-state index in [1.807, 2.05) is 18.2 Å². The molecule has 0 bridgehead atoms. The largest absolute Gasteiger partial charge is 0.493 e. The minimum Gasteiger partial charge on any atom is -0.493 e. The highest BCUT2D eigenvalue weighted by Crippen LogP contribution is 2.33. The second kappa shape index (κ2) is 7.24. The van der Waals surface area contributed by atoms with Gasteiger partial charge in [-0.15, -0.1) is 0 Å². The highest BCUT2D eigenvalue weighted by molar-refractivity contribution is 5.44. The van der Waals surface area contributed by atoms with Crippen LogP contribution in [0.3, 0.4) is 0 Å². The molecular weight excluding hydrogens is 230 g/mol. The van der Waals surface area contributed by atoms with E-state index >= 15 is 0 Å². The van der Waals surface area contributed by atoms with Crippen LogP contribution in [0.5, 0.6) is 11.5 Å². The van der Waals surface area contributed by atoms with Gasteiger partial charge in [-0.2, -0.15) is 0 Å². The van der Waals surface area contributed by atoms with Gasteiger partial charge in [-0.05, 0) is 30.5 Å². The molecule has 102 valence electrons. The van der Waals surface area contributed by atoms with E-state index < -0.39 is 0 Å². The lowest BCUT2D eigenvalue weighted by Crippen LogP contribution is -2.28. The van der Waals surface area contributed by atoms with Crippen molar-refractivity contribution in [1.29, 1.82) is 0 Å². The number of hydrogen-bond acceptors (Lipinski definition) is 4. The van der Waals surface area contributed by atoms with Crippen LogP contribution in [0, 0.1) is 0 Å². The van der Waals surface area contributed by atoms with Crippen molar-refractivity contribution in [2.45, 2.75) is 31.7 Å². The second-order valence-corrected chi connectivity index (χ2v) is 4.31. The van der Waals surface area contributed by atoms with Crippen molar-refractivity contribution in [3.05, 3.63) is 23.8 Å². The van der Waals surface area contributed by atoms with Gasteiger partial charge in [0.25, 0.3) is 0 Å². The molecule has 0 aromatic heterocycles. The first-order valence-corrected chi connectivity index (χ1v) is 6.26. The van der Waals surface area contributed by atoms with Gasteiger partial charge in [0.1, 0.15) is 0 Å². The van der Waals surface area contributed by atoms with E-state index in [0.717, 1.165) is 12.0 Å². The number of aliphatic hydroxyl groups is 1. The third kappa shape index (κ3) is 3.37. The van der Waals surface area contributed by atoms with E-state index in [9.17, 15) is 0 Å². The van der Waals surface area contributed by atoms with E-state index in [4.69, 9.17) is 20.3 Å². The van der Waals surface area contributed by atoms with E-state index in [2.05, 4.69) is 6.92 Å². The fourth-order valence-corrected chi connectivity index (χ4v) is 2.13. The van der Waals surface area contributed by atoms with Gasteiger partial charge in [-0.25, -0.2) is 0 Å². The molecule has 2 unspecified atom stereocenters. The Kier molecular flexibility index (Phi) is 5.95. The number of rotatable bonds is 7. The first-order valence-electron chi connectivity index (χ1n) is 6.26. The van der Waals surface area contributed by atoms with Crippen LogP contribution >= 0.6 is 0 Å². The molecule has 0 aliphatic rings. The van der Waals surface area contributed by atoms with Gasteiger partial charge < -0.3 is 20.3 Å². The highest BCUT2D eigenvalue weighted by atomic mass is 16.5. The molecule has 1 aromatic rings. The Bertz CT molecular complexity index is 368. The van der Waals surface area contributed by atoms with Gasteiger partial charge in [-0.1, -0.05) is 13.0 Å². The summed E-state index contributed by atoms with van der Waals surface area (Å²) in [6.45, 7) is 2.18. The van der Waals surface area contributed by atoms with Crippen LogP contribution in [0.2, 0.25) is 0 Å². The zero-order chi connectivity index (χ0) is 13.5. The predicted octanol–water partition coefficient (Wildman–Crippen LogP) is 1.91. The average molecular weight is 253 g/mol. The van der Waals surface area contributed by atoms with Crippen molar-refractivity contribution in [3.63, 3.8) is 0 Å². The summed E-state index contributed by atoms with van der Waals surface area (Å²) in [6, 6.07) is 5.84. The Labute approximate surface area is 109 Å². The third-order valence-electron chi connectivity index (χ3n) is 3.26. The normalized spacial score (nSPS) is 14.1. The summed E-state index contributed by atoms with van der Waals surface area (Å²) in [5.74, 6) is 1.54. The predicted molar refractivity (Wildman–Crippen MR) is 72.3 cm³/mol. The maximum absolute atomic E-state index is 9.16. The molecule has 0 spiro atoms. The van der Waals surface area contributed by atoms with Crippen LogP contribution in [-0.4, -0.2) is 32.0 Å². The number of ether oxygens (including phenoxy) is 2. The molecule has 0 fully saturated rings. The van der Waals surface area contributed by atoms with Crippen molar-refractivity contribution in [1.82, 2.24) is 0 Å². The summed E-state index contributed by atoms with van der Waals surface area (Å²) in [5.41, 5.74) is 7.19. The fourth-order valence-electron chi connectivity index (χ4n) is 2.13. The summed E-state index contributed by atoms with van der Waals surface area (Å²) >= 11 is 0. The van der Waals surface area contributed by atoms with Crippen LogP contribution < -0.4 is 15.2 Å². The average Bonchev–Trinajstić information content (AvgIpc) is 2.43. The Morgan fingerprint density at radius 1 is 1.22 bits per heavy atom. The van der Waals surface area contributed by atoms with Gasteiger partial charge in [0, 0.05) is 18.6 Å². The summed E-state index contributed by atoms with van der Waals surface area (Å²) < 4.78 is 10.5. The standard InChI is InChI=1S/C14H23NO3/c1-4-12(15)11(7-8-16)10-5-6-13(17-2)14(9-10)18-3/h5-6,9,11-12,16H,4,7-8,15H2,1-3H3. The van der Waals surface area contributed by atoms with Crippen LogP contribution in [0.4, 0.5) is 0 Å². The number of aliphatic hydroxyl groups excluding tert-OH is 1. The molecule has 0 heterocycles.